The maximum Gasteiger partial charge on any atom is 0.248 e. The summed E-state index contributed by atoms with van der Waals surface area (Å²) < 4.78 is 14.5. The molecule has 2 aromatic rings. The summed E-state index contributed by atoms with van der Waals surface area (Å²) >= 11 is 7.38. The van der Waals surface area contributed by atoms with Gasteiger partial charge in [0.05, 0.1) is 4.34 Å². The second-order valence-electron chi connectivity index (χ2n) is 4.30. The Hall–Kier alpha value is -1.43. The fourth-order valence-electron chi connectivity index (χ4n) is 1.76. The van der Waals surface area contributed by atoms with E-state index in [1.807, 2.05) is 12.1 Å². The molecule has 2 rings (SSSR count). The van der Waals surface area contributed by atoms with Crippen LogP contribution in [0.5, 0.6) is 0 Å². The maximum atomic E-state index is 13.7. The van der Waals surface area contributed by atoms with Crippen LogP contribution >= 0.6 is 22.9 Å². The number of hydrogen-bond acceptors (Lipinski definition) is 3. The van der Waals surface area contributed by atoms with Crippen molar-refractivity contribution in [1.82, 2.24) is 5.32 Å². The fraction of sp³-hybridized carbons (Fsp3) is 0.214. The van der Waals surface area contributed by atoms with Gasteiger partial charge in [-0.1, -0.05) is 17.7 Å². The largest absolute Gasteiger partial charge is 0.366 e. The molecule has 0 aliphatic heterocycles. The quantitative estimate of drug-likeness (QED) is 0.806. The minimum atomic E-state index is -0.627. The van der Waals surface area contributed by atoms with Crippen molar-refractivity contribution in [3.05, 3.63) is 56.5 Å². The van der Waals surface area contributed by atoms with Crippen molar-refractivity contribution in [1.29, 1.82) is 0 Å². The van der Waals surface area contributed by atoms with Gasteiger partial charge in [-0.15, -0.1) is 11.3 Å². The van der Waals surface area contributed by atoms with Crippen molar-refractivity contribution in [2.24, 2.45) is 5.73 Å². The standard InChI is InChI=1S/C14H14ClFN2OS/c15-13-4-3-11(20-13)5-6-18-8-10-2-1-9(14(17)19)7-12(10)16/h1-4,7,18H,5-6,8H2,(H2,17,19). The number of nitrogens with two attached hydrogens (primary N) is 1. The number of primary amides is 1. The minimum absolute atomic E-state index is 0.180. The molecule has 1 aromatic carbocycles. The topological polar surface area (TPSA) is 55.1 Å². The van der Waals surface area contributed by atoms with Crippen molar-refractivity contribution >= 4 is 28.8 Å². The zero-order valence-electron chi connectivity index (χ0n) is 10.7. The average molecular weight is 313 g/mol. The van der Waals surface area contributed by atoms with Crippen molar-refractivity contribution in [2.75, 3.05) is 6.54 Å². The molecular formula is C14H14ClFN2OS. The molecule has 0 atom stereocenters. The minimum Gasteiger partial charge on any atom is -0.366 e. The molecule has 1 aromatic heterocycles. The summed E-state index contributed by atoms with van der Waals surface area (Å²) in [5.41, 5.74) is 5.78. The number of rotatable bonds is 6. The Kier molecular flexibility index (Phi) is 5.11. The highest BCUT2D eigenvalue weighted by Crippen LogP contribution is 2.21. The van der Waals surface area contributed by atoms with Crippen LogP contribution in [-0.4, -0.2) is 12.5 Å². The predicted octanol–water partition coefficient (Wildman–Crippen LogP) is 2.97. The Morgan fingerprint density at radius 2 is 2.15 bits per heavy atom. The first-order valence-electron chi connectivity index (χ1n) is 6.09. The molecule has 0 saturated heterocycles. The van der Waals surface area contributed by atoms with Gasteiger partial charge < -0.3 is 11.1 Å². The number of halogens is 2. The van der Waals surface area contributed by atoms with Crippen LogP contribution in [0, 0.1) is 5.82 Å². The van der Waals surface area contributed by atoms with Gasteiger partial charge in [0.25, 0.3) is 0 Å². The molecule has 0 spiro atoms. The second kappa shape index (κ2) is 6.83. The summed E-state index contributed by atoms with van der Waals surface area (Å²) in [6, 6.07) is 8.12. The molecule has 0 saturated carbocycles. The molecule has 0 aliphatic carbocycles. The average Bonchev–Trinajstić information content (AvgIpc) is 2.81. The lowest BCUT2D eigenvalue weighted by Crippen LogP contribution is -2.18. The van der Waals surface area contributed by atoms with Gasteiger partial charge in [0.2, 0.25) is 5.91 Å². The van der Waals surface area contributed by atoms with E-state index in [1.54, 1.807) is 17.4 Å². The van der Waals surface area contributed by atoms with Crippen LogP contribution in [0.25, 0.3) is 0 Å². The SMILES string of the molecule is NC(=O)c1ccc(CNCCc2ccc(Cl)s2)c(F)c1. The van der Waals surface area contributed by atoms with E-state index in [-0.39, 0.29) is 5.56 Å². The van der Waals surface area contributed by atoms with Gasteiger partial charge in [-0.25, -0.2) is 4.39 Å². The Bertz CT molecular complexity index is 615. The Labute approximate surface area is 125 Å². The molecular weight excluding hydrogens is 299 g/mol. The van der Waals surface area contributed by atoms with E-state index in [9.17, 15) is 9.18 Å². The van der Waals surface area contributed by atoms with Crippen LogP contribution < -0.4 is 11.1 Å². The van der Waals surface area contributed by atoms with E-state index >= 15 is 0 Å². The van der Waals surface area contributed by atoms with E-state index in [2.05, 4.69) is 5.32 Å². The molecule has 0 fully saturated rings. The number of amides is 1. The molecule has 0 aliphatic rings. The van der Waals surface area contributed by atoms with Gasteiger partial charge in [-0.3, -0.25) is 4.79 Å². The second-order valence-corrected chi connectivity index (χ2v) is 6.10. The summed E-state index contributed by atoms with van der Waals surface area (Å²) in [6.07, 6.45) is 0.846. The smallest absolute Gasteiger partial charge is 0.248 e. The number of nitrogens with one attached hydrogen (secondary N) is 1. The zero-order chi connectivity index (χ0) is 14.5. The number of carbonyl (C=O) groups is 1. The summed E-state index contributed by atoms with van der Waals surface area (Å²) in [5, 5.41) is 3.16. The summed E-state index contributed by atoms with van der Waals surface area (Å²) in [4.78, 5) is 12.1. The molecule has 3 N–H and O–H groups in total. The van der Waals surface area contributed by atoms with Crippen LogP contribution in [0.15, 0.2) is 30.3 Å². The van der Waals surface area contributed by atoms with Gasteiger partial charge in [-0.05, 0) is 30.7 Å². The lowest BCUT2D eigenvalue weighted by Gasteiger charge is -2.06. The molecule has 6 heteroatoms. The summed E-state index contributed by atoms with van der Waals surface area (Å²) in [6.45, 7) is 1.14. The highest BCUT2D eigenvalue weighted by atomic mass is 35.5. The number of benzene rings is 1. The Morgan fingerprint density at radius 1 is 1.35 bits per heavy atom. The fourth-order valence-corrected chi connectivity index (χ4v) is 2.85. The van der Waals surface area contributed by atoms with Crippen LogP contribution in [-0.2, 0) is 13.0 Å². The highest BCUT2D eigenvalue weighted by molar-refractivity contribution is 7.16. The summed E-state index contributed by atoms with van der Waals surface area (Å²) in [7, 11) is 0. The number of thiophene rings is 1. The lowest BCUT2D eigenvalue weighted by molar-refractivity contribution is 0.1000. The monoisotopic (exact) mass is 312 g/mol. The Balaban J connectivity index is 1.83. The zero-order valence-corrected chi connectivity index (χ0v) is 12.2. The first-order valence-corrected chi connectivity index (χ1v) is 7.29. The van der Waals surface area contributed by atoms with Crippen LogP contribution in [0.3, 0.4) is 0 Å². The van der Waals surface area contributed by atoms with Crippen molar-refractivity contribution < 1.29 is 9.18 Å². The molecule has 0 radical (unpaired) electrons. The lowest BCUT2D eigenvalue weighted by atomic mass is 10.1. The predicted molar refractivity (Wildman–Crippen MR) is 79.7 cm³/mol. The van der Waals surface area contributed by atoms with E-state index in [0.29, 0.717) is 12.1 Å². The van der Waals surface area contributed by atoms with Crippen molar-refractivity contribution in [2.45, 2.75) is 13.0 Å². The first kappa shape index (κ1) is 15.0. The molecule has 106 valence electrons. The molecule has 1 heterocycles. The number of hydrogen-bond donors (Lipinski definition) is 2. The normalized spacial score (nSPS) is 10.7. The van der Waals surface area contributed by atoms with Crippen molar-refractivity contribution in [3.63, 3.8) is 0 Å². The first-order chi connectivity index (χ1) is 9.56. The molecule has 3 nitrogen and oxygen atoms in total. The third kappa shape index (κ3) is 4.03. The van der Waals surface area contributed by atoms with Gasteiger partial charge in [0.1, 0.15) is 5.82 Å². The highest BCUT2D eigenvalue weighted by Gasteiger charge is 2.06. The van der Waals surface area contributed by atoms with E-state index < -0.39 is 11.7 Å². The summed E-state index contributed by atoms with van der Waals surface area (Å²) in [5.74, 6) is -1.05. The third-order valence-corrected chi connectivity index (χ3v) is 4.12. The van der Waals surface area contributed by atoms with E-state index in [4.69, 9.17) is 17.3 Å². The van der Waals surface area contributed by atoms with Gasteiger partial charge in [0, 0.05) is 29.1 Å². The van der Waals surface area contributed by atoms with E-state index in [1.165, 1.54) is 17.0 Å². The van der Waals surface area contributed by atoms with E-state index in [0.717, 1.165) is 17.3 Å². The molecule has 1 amide bonds. The van der Waals surface area contributed by atoms with Gasteiger partial charge in [-0.2, -0.15) is 0 Å². The molecule has 0 bridgehead atoms. The van der Waals surface area contributed by atoms with Crippen LogP contribution in [0.4, 0.5) is 4.39 Å². The van der Waals surface area contributed by atoms with Crippen molar-refractivity contribution in [3.8, 4) is 0 Å². The third-order valence-electron chi connectivity index (χ3n) is 2.83. The van der Waals surface area contributed by atoms with Crippen LogP contribution in [0.1, 0.15) is 20.8 Å². The van der Waals surface area contributed by atoms with Gasteiger partial charge >= 0.3 is 0 Å². The maximum absolute atomic E-state index is 13.7. The molecule has 0 unspecified atom stereocenters. The van der Waals surface area contributed by atoms with Gasteiger partial charge in [0.15, 0.2) is 0 Å². The molecule has 20 heavy (non-hydrogen) atoms. The Morgan fingerprint density at radius 3 is 2.75 bits per heavy atom. The van der Waals surface area contributed by atoms with Crippen LogP contribution in [0.2, 0.25) is 4.34 Å². The number of carbonyl (C=O) groups excluding carboxylic acids is 1.